The maximum Gasteiger partial charge on any atom is 0.247 e. The molecule has 0 N–H and O–H groups in total. The van der Waals surface area contributed by atoms with Crippen molar-refractivity contribution in [1.82, 2.24) is 4.90 Å². The Labute approximate surface area is 127 Å². The number of allylic oxidation sites excluding steroid dienone is 3. The molecule has 20 heavy (non-hydrogen) atoms. The molecule has 0 aliphatic rings. The minimum Gasteiger partial charge on any atom is -0.329 e. The Morgan fingerprint density at radius 2 is 1.70 bits per heavy atom. The van der Waals surface area contributed by atoms with E-state index in [9.17, 15) is 4.79 Å². The lowest BCUT2D eigenvalue weighted by molar-refractivity contribution is -0.127. The molecule has 0 unspecified atom stereocenters. The van der Waals surface area contributed by atoms with Crippen LogP contribution in [0.4, 0.5) is 0 Å². The summed E-state index contributed by atoms with van der Waals surface area (Å²) in [5.74, 6) is 0.0462. The largest absolute Gasteiger partial charge is 0.329 e. The normalized spacial score (nSPS) is 11.4. The van der Waals surface area contributed by atoms with Crippen LogP contribution < -0.4 is 0 Å². The zero-order chi connectivity index (χ0) is 14.2. The number of carbonyl (C=O) groups is 1. The molecule has 4 heteroatoms. The Morgan fingerprint density at radius 1 is 1.10 bits per heavy atom. The van der Waals surface area contributed by atoms with Gasteiger partial charge in [-0.1, -0.05) is 30.4 Å². The van der Waals surface area contributed by atoms with Gasteiger partial charge in [-0.15, -0.1) is 22.7 Å². The lowest BCUT2D eigenvalue weighted by Gasteiger charge is -2.19. The first-order chi connectivity index (χ1) is 9.79. The predicted molar refractivity (Wildman–Crippen MR) is 86.8 cm³/mol. The van der Waals surface area contributed by atoms with Gasteiger partial charge in [0, 0.05) is 15.8 Å². The van der Waals surface area contributed by atoms with E-state index in [-0.39, 0.29) is 5.91 Å². The molecule has 0 aromatic carbocycles. The molecule has 0 radical (unpaired) electrons. The summed E-state index contributed by atoms with van der Waals surface area (Å²) in [4.78, 5) is 16.6. The zero-order valence-corrected chi connectivity index (χ0v) is 13.0. The van der Waals surface area contributed by atoms with Gasteiger partial charge in [0.15, 0.2) is 0 Å². The quantitative estimate of drug-likeness (QED) is 0.569. The Kier molecular flexibility index (Phi) is 5.77. The minimum absolute atomic E-state index is 0.0462. The summed E-state index contributed by atoms with van der Waals surface area (Å²) >= 11 is 3.36. The second kappa shape index (κ2) is 7.82. The van der Waals surface area contributed by atoms with Crippen LogP contribution in [-0.2, 0) is 17.9 Å². The number of amides is 1. The second-order valence-electron chi connectivity index (χ2n) is 4.24. The van der Waals surface area contributed by atoms with Gasteiger partial charge in [0.2, 0.25) is 5.91 Å². The molecule has 0 aliphatic carbocycles. The van der Waals surface area contributed by atoms with Crippen molar-refractivity contribution in [2.75, 3.05) is 0 Å². The fraction of sp³-hybridized carbons (Fsp3) is 0.188. The highest BCUT2D eigenvalue weighted by atomic mass is 32.1. The van der Waals surface area contributed by atoms with Crippen LogP contribution >= 0.6 is 22.7 Å². The monoisotopic (exact) mass is 303 g/mol. The fourth-order valence-electron chi connectivity index (χ4n) is 1.75. The third-order valence-corrected chi connectivity index (χ3v) is 4.43. The summed E-state index contributed by atoms with van der Waals surface area (Å²) in [6.45, 7) is 3.26. The van der Waals surface area contributed by atoms with Crippen molar-refractivity contribution in [1.29, 1.82) is 0 Å². The van der Waals surface area contributed by atoms with Crippen molar-refractivity contribution < 1.29 is 4.79 Å². The highest BCUT2D eigenvalue weighted by molar-refractivity contribution is 7.10. The molecule has 0 aliphatic heterocycles. The van der Waals surface area contributed by atoms with E-state index in [1.807, 2.05) is 46.9 Å². The lowest BCUT2D eigenvalue weighted by atomic mass is 10.3. The van der Waals surface area contributed by atoms with Gasteiger partial charge in [-0.05, 0) is 29.8 Å². The van der Waals surface area contributed by atoms with E-state index in [1.54, 1.807) is 34.8 Å². The second-order valence-corrected chi connectivity index (χ2v) is 6.30. The summed E-state index contributed by atoms with van der Waals surface area (Å²) in [5, 5.41) is 4.08. The Morgan fingerprint density at radius 3 is 2.15 bits per heavy atom. The van der Waals surface area contributed by atoms with Gasteiger partial charge in [0.25, 0.3) is 0 Å². The number of hydrogen-bond donors (Lipinski definition) is 0. The summed E-state index contributed by atoms with van der Waals surface area (Å²) in [6, 6.07) is 8.16. The van der Waals surface area contributed by atoms with E-state index >= 15 is 0 Å². The molecule has 0 atom stereocenters. The van der Waals surface area contributed by atoms with Crippen LogP contribution in [0.5, 0.6) is 0 Å². The zero-order valence-electron chi connectivity index (χ0n) is 11.4. The molecule has 0 bridgehead atoms. The number of thiophene rings is 2. The van der Waals surface area contributed by atoms with Crippen LogP contribution in [0.2, 0.25) is 0 Å². The first-order valence-electron chi connectivity index (χ1n) is 6.42. The summed E-state index contributed by atoms with van der Waals surface area (Å²) in [5.41, 5.74) is 0. The molecule has 2 nitrogen and oxygen atoms in total. The average molecular weight is 303 g/mol. The van der Waals surface area contributed by atoms with Crippen molar-refractivity contribution >= 4 is 28.6 Å². The van der Waals surface area contributed by atoms with Crippen molar-refractivity contribution in [3.8, 4) is 0 Å². The molecule has 2 aromatic rings. The van der Waals surface area contributed by atoms with Gasteiger partial charge >= 0.3 is 0 Å². The van der Waals surface area contributed by atoms with E-state index in [2.05, 4.69) is 12.1 Å². The average Bonchev–Trinajstić information content (AvgIpc) is 3.11. The van der Waals surface area contributed by atoms with Crippen LogP contribution in [0, 0.1) is 0 Å². The summed E-state index contributed by atoms with van der Waals surface area (Å²) < 4.78 is 0. The van der Waals surface area contributed by atoms with Gasteiger partial charge in [0.05, 0.1) is 13.1 Å². The molecule has 2 aromatic heterocycles. The minimum atomic E-state index is 0.0462. The van der Waals surface area contributed by atoms with E-state index in [0.29, 0.717) is 13.1 Å². The summed E-state index contributed by atoms with van der Waals surface area (Å²) in [6.07, 6.45) is 7.19. The highest BCUT2D eigenvalue weighted by Gasteiger charge is 2.13. The van der Waals surface area contributed by atoms with E-state index < -0.39 is 0 Å². The molecule has 2 heterocycles. The maximum absolute atomic E-state index is 12.3. The van der Waals surface area contributed by atoms with Crippen molar-refractivity contribution in [2.45, 2.75) is 20.0 Å². The van der Waals surface area contributed by atoms with E-state index in [4.69, 9.17) is 0 Å². The standard InChI is InChI=1S/C16H17NOS2/c1-2-3-4-9-16(18)17(12-14-7-5-10-19-14)13-15-8-6-11-20-15/h2-11H,12-13H2,1H3/b3-2+,9-4+. The first-order valence-corrected chi connectivity index (χ1v) is 8.18. The third kappa shape index (κ3) is 4.47. The van der Waals surface area contributed by atoms with Crippen LogP contribution in [0.3, 0.4) is 0 Å². The lowest BCUT2D eigenvalue weighted by Crippen LogP contribution is -2.27. The molecule has 0 saturated heterocycles. The highest BCUT2D eigenvalue weighted by Crippen LogP contribution is 2.17. The van der Waals surface area contributed by atoms with Crippen molar-refractivity contribution in [3.05, 3.63) is 69.1 Å². The molecular formula is C16H17NOS2. The van der Waals surface area contributed by atoms with Gasteiger partial charge in [-0.25, -0.2) is 0 Å². The summed E-state index contributed by atoms with van der Waals surface area (Å²) in [7, 11) is 0. The van der Waals surface area contributed by atoms with Gasteiger partial charge < -0.3 is 4.90 Å². The van der Waals surface area contributed by atoms with Crippen LogP contribution in [0.15, 0.2) is 59.3 Å². The van der Waals surface area contributed by atoms with E-state index in [0.717, 1.165) is 0 Å². The topological polar surface area (TPSA) is 20.3 Å². The molecular weight excluding hydrogens is 286 g/mol. The van der Waals surface area contributed by atoms with Crippen LogP contribution in [-0.4, -0.2) is 10.8 Å². The predicted octanol–water partition coefficient (Wildman–Crippen LogP) is 4.47. The Bertz CT molecular complexity index is 531. The molecule has 104 valence electrons. The molecule has 2 rings (SSSR count). The van der Waals surface area contributed by atoms with Gasteiger partial charge in [-0.2, -0.15) is 0 Å². The maximum atomic E-state index is 12.3. The van der Waals surface area contributed by atoms with Crippen LogP contribution in [0.1, 0.15) is 16.7 Å². The molecule has 0 saturated carbocycles. The van der Waals surface area contributed by atoms with Gasteiger partial charge in [0.1, 0.15) is 0 Å². The van der Waals surface area contributed by atoms with Crippen LogP contribution in [0.25, 0.3) is 0 Å². The Balaban J connectivity index is 2.08. The number of rotatable bonds is 6. The number of carbonyl (C=O) groups excluding carboxylic acids is 1. The van der Waals surface area contributed by atoms with E-state index in [1.165, 1.54) is 9.75 Å². The fourth-order valence-corrected chi connectivity index (χ4v) is 3.19. The van der Waals surface area contributed by atoms with Gasteiger partial charge in [-0.3, -0.25) is 4.79 Å². The number of nitrogens with zero attached hydrogens (tertiary/aromatic N) is 1. The molecule has 0 spiro atoms. The Hall–Kier alpha value is -1.65. The third-order valence-electron chi connectivity index (χ3n) is 2.71. The number of hydrogen-bond acceptors (Lipinski definition) is 3. The van der Waals surface area contributed by atoms with Crippen molar-refractivity contribution in [2.24, 2.45) is 0 Å². The molecule has 1 amide bonds. The SMILES string of the molecule is C/C=C/C=C/C(=O)N(Cc1cccs1)Cc1cccs1. The molecule has 0 fully saturated rings. The smallest absolute Gasteiger partial charge is 0.247 e. The first kappa shape index (κ1) is 14.8. The van der Waals surface area contributed by atoms with Crippen molar-refractivity contribution in [3.63, 3.8) is 0 Å².